The van der Waals surface area contributed by atoms with E-state index in [-0.39, 0.29) is 5.82 Å². The summed E-state index contributed by atoms with van der Waals surface area (Å²) in [6.07, 6.45) is 3.01. The number of thiazole rings is 1. The molecule has 1 atom stereocenters. The van der Waals surface area contributed by atoms with Crippen LogP contribution in [0.3, 0.4) is 0 Å². The Balaban J connectivity index is 1.87. The first-order valence-electron chi connectivity index (χ1n) is 6.59. The van der Waals surface area contributed by atoms with Gasteiger partial charge in [0.2, 0.25) is 0 Å². The number of aryl methyl sites for hydroxylation is 1. The quantitative estimate of drug-likeness (QED) is 0.943. The molecule has 1 unspecified atom stereocenters. The van der Waals surface area contributed by atoms with Crippen LogP contribution in [-0.2, 0) is 17.6 Å². The molecule has 0 radical (unpaired) electrons. The zero-order chi connectivity index (χ0) is 14.1. The molecule has 0 saturated carbocycles. The van der Waals surface area contributed by atoms with Crippen LogP contribution in [0.15, 0.2) is 24.3 Å². The minimum Gasteiger partial charge on any atom is -0.481 e. The molecule has 0 bridgehead atoms. The Labute approximate surface area is 120 Å². The largest absolute Gasteiger partial charge is 0.481 e. The number of carboxylic acid groups (broad SMARTS) is 1. The van der Waals surface area contributed by atoms with Crippen molar-refractivity contribution in [2.24, 2.45) is 0 Å². The molecule has 0 amide bonds. The molecule has 2 aromatic rings. The monoisotopic (exact) mass is 291 g/mol. The third-order valence-corrected chi connectivity index (χ3v) is 4.67. The van der Waals surface area contributed by atoms with Gasteiger partial charge in [-0.05, 0) is 37.0 Å². The number of hydrogen-bond donors (Lipinski definition) is 1. The third-order valence-electron chi connectivity index (χ3n) is 3.54. The van der Waals surface area contributed by atoms with Gasteiger partial charge in [-0.25, -0.2) is 9.37 Å². The fraction of sp³-hybridized carbons (Fsp3) is 0.333. The molecule has 3 rings (SSSR count). The van der Waals surface area contributed by atoms with Crippen molar-refractivity contribution in [3.05, 3.63) is 51.2 Å². The van der Waals surface area contributed by atoms with E-state index in [0.29, 0.717) is 12.8 Å². The van der Waals surface area contributed by atoms with Crippen molar-refractivity contribution in [1.82, 2.24) is 4.98 Å². The Kier molecular flexibility index (Phi) is 3.53. The lowest BCUT2D eigenvalue weighted by Gasteiger charge is -2.16. The minimum atomic E-state index is -0.798. The van der Waals surface area contributed by atoms with Gasteiger partial charge in [-0.1, -0.05) is 12.1 Å². The SMILES string of the molecule is O=C(O)C1CCCc2sc(Cc3cccc(F)c3)nc21. The lowest BCUT2D eigenvalue weighted by molar-refractivity contribution is -0.139. The normalized spacial score (nSPS) is 17.8. The van der Waals surface area contributed by atoms with E-state index < -0.39 is 11.9 Å². The van der Waals surface area contributed by atoms with Crippen molar-refractivity contribution in [3.8, 4) is 0 Å². The van der Waals surface area contributed by atoms with Crippen LogP contribution in [0.5, 0.6) is 0 Å². The van der Waals surface area contributed by atoms with Gasteiger partial charge in [0.25, 0.3) is 0 Å². The van der Waals surface area contributed by atoms with E-state index in [2.05, 4.69) is 4.98 Å². The second kappa shape index (κ2) is 5.32. The predicted octanol–water partition coefficient (Wildman–Crippen LogP) is 3.38. The van der Waals surface area contributed by atoms with E-state index in [0.717, 1.165) is 34.0 Å². The molecule has 1 aliphatic rings. The second-order valence-corrected chi connectivity index (χ2v) is 6.17. The number of carboxylic acids is 1. The maximum atomic E-state index is 13.2. The van der Waals surface area contributed by atoms with Crippen LogP contribution in [0.4, 0.5) is 4.39 Å². The van der Waals surface area contributed by atoms with Crippen LogP contribution in [0.1, 0.15) is 39.9 Å². The number of aliphatic carboxylic acids is 1. The number of halogens is 1. The maximum Gasteiger partial charge on any atom is 0.312 e. The van der Waals surface area contributed by atoms with Gasteiger partial charge in [0.1, 0.15) is 5.82 Å². The number of benzene rings is 1. The van der Waals surface area contributed by atoms with Gasteiger partial charge in [0, 0.05) is 11.3 Å². The van der Waals surface area contributed by atoms with Gasteiger partial charge in [-0.3, -0.25) is 4.79 Å². The summed E-state index contributed by atoms with van der Waals surface area (Å²) in [5.41, 5.74) is 1.59. The molecule has 1 aliphatic carbocycles. The summed E-state index contributed by atoms with van der Waals surface area (Å²) in [5, 5.41) is 10.1. The van der Waals surface area contributed by atoms with Crippen molar-refractivity contribution in [1.29, 1.82) is 0 Å². The first kappa shape index (κ1) is 13.2. The van der Waals surface area contributed by atoms with Crippen molar-refractivity contribution < 1.29 is 14.3 Å². The molecule has 1 aromatic heterocycles. The lowest BCUT2D eigenvalue weighted by atomic mass is 9.91. The van der Waals surface area contributed by atoms with E-state index in [1.165, 1.54) is 12.1 Å². The highest BCUT2D eigenvalue weighted by atomic mass is 32.1. The predicted molar refractivity (Wildman–Crippen MR) is 74.6 cm³/mol. The third kappa shape index (κ3) is 2.58. The van der Waals surface area contributed by atoms with Gasteiger partial charge in [0.15, 0.2) is 0 Å². The van der Waals surface area contributed by atoms with Crippen molar-refractivity contribution in [2.45, 2.75) is 31.6 Å². The average molecular weight is 291 g/mol. The Morgan fingerprint density at radius 3 is 3.10 bits per heavy atom. The van der Waals surface area contributed by atoms with E-state index in [1.54, 1.807) is 17.4 Å². The average Bonchev–Trinajstić information content (AvgIpc) is 2.80. The number of nitrogens with zero attached hydrogens (tertiary/aromatic N) is 1. The number of fused-ring (bicyclic) bond motifs is 1. The van der Waals surface area contributed by atoms with Crippen LogP contribution in [-0.4, -0.2) is 16.1 Å². The van der Waals surface area contributed by atoms with Crippen LogP contribution in [0, 0.1) is 5.82 Å². The van der Waals surface area contributed by atoms with E-state index >= 15 is 0 Å². The van der Waals surface area contributed by atoms with Crippen LogP contribution in [0.2, 0.25) is 0 Å². The minimum absolute atomic E-state index is 0.257. The van der Waals surface area contributed by atoms with E-state index in [9.17, 15) is 14.3 Å². The molecule has 1 heterocycles. The van der Waals surface area contributed by atoms with Gasteiger partial charge in [-0.2, -0.15) is 0 Å². The number of rotatable bonds is 3. The molecule has 1 aromatic carbocycles. The number of hydrogen-bond acceptors (Lipinski definition) is 3. The van der Waals surface area contributed by atoms with E-state index in [1.807, 2.05) is 6.07 Å². The highest BCUT2D eigenvalue weighted by Crippen LogP contribution is 2.35. The van der Waals surface area contributed by atoms with Crippen molar-refractivity contribution in [2.75, 3.05) is 0 Å². The Morgan fingerprint density at radius 1 is 1.50 bits per heavy atom. The second-order valence-electron chi connectivity index (χ2n) is 5.01. The lowest BCUT2D eigenvalue weighted by Crippen LogP contribution is -2.17. The number of carbonyl (C=O) groups is 1. The van der Waals surface area contributed by atoms with Gasteiger partial charge < -0.3 is 5.11 Å². The molecule has 1 N–H and O–H groups in total. The highest BCUT2D eigenvalue weighted by Gasteiger charge is 2.29. The van der Waals surface area contributed by atoms with Crippen molar-refractivity contribution in [3.63, 3.8) is 0 Å². The van der Waals surface area contributed by atoms with E-state index in [4.69, 9.17) is 0 Å². The highest BCUT2D eigenvalue weighted by molar-refractivity contribution is 7.11. The van der Waals surface area contributed by atoms with Crippen LogP contribution >= 0.6 is 11.3 Å². The molecule has 0 spiro atoms. The fourth-order valence-corrected chi connectivity index (χ4v) is 3.81. The van der Waals surface area contributed by atoms with Crippen LogP contribution < -0.4 is 0 Å². The first-order chi connectivity index (χ1) is 9.63. The van der Waals surface area contributed by atoms with Crippen LogP contribution in [0.25, 0.3) is 0 Å². The molecule has 104 valence electrons. The maximum absolute atomic E-state index is 13.2. The summed E-state index contributed by atoms with van der Waals surface area (Å²) < 4.78 is 13.2. The van der Waals surface area contributed by atoms with Gasteiger partial charge >= 0.3 is 5.97 Å². The summed E-state index contributed by atoms with van der Waals surface area (Å²) in [5.74, 6) is -1.53. The molecule has 20 heavy (non-hydrogen) atoms. The Bertz CT molecular complexity index is 653. The van der Waals surface area contributed by atoms with Gasteiger partial charge in [0.05, 0.1) is 16.6 Å². The fourth-order valence-electron chi connectivity index (χ4n) is 2.61. The molecule has 3 nitrogen and oxygen atoms in total. The smallest absolute Gasteiger partial charge is 0.312 e. The topological polar surface area (TPSA) is 50.2 Å². The molecule has 0 fully saturated rings. The number of aromatic nitrogens is 1. The zero-order valence-electron chi connectivity index (χ0n) is 10.8. The standard InChI is InChI=1S/C15H14FNO2S/c16-10-4-1-3-9(7-10)8-13-17-14-11(15(18)19)5-2-6-12(14)20-13/h1,3-4,7,11H,2,5-6,8H2,(H,18,19). The molecule has 0 aliphatic heterocycles. The van der Waals surface area contributed by atoms with Gasteiger partial charge in [-0.15, -0.1) is 11.3 Å². The molecule has 5 heteroatoms. The summed E-state index contributed by atoms with van der Waals surface area (Å²) in [7, 11) is 0. The summed E-state index contributed by atoms with van der Waals surface area (Å²) >= 11 is 1.56. The molecular formula is C15H14FNO2S. The first-order valence-corrected chi connectivity index (χ1v) is 7.41. The Morgan fingerprint density at radius 2 is 2.35 bits per heavy atom. The summed E-state index contributed by atoms with van der Waals surface area (Å²) in [6, 6.07) is 6.45. The Hall–Kier alpha value is -1.75. The van der Waals surface area contributed by atoms with Crippen molar-refractivity contribution >= 4 is 17.3 Å². The summed E-state index contributed by atoms with van der Waals surface area (Å²) in [6.45, 7) is 0. The molecule has 0 saturated heterocycles. The zero-order valence-corrected chi connectivity index (χ0v) is 11.6. The molecular weight excluding hydrogens is 277 g/mol. The summed E-state index contributed by atoms with van der Waals surface area (Å²) in [4.78, 5) is 16.8.